The number of hydrogen-bond acceptors (Lipinski definition) is 19. The summed E-state index contributed by atoms with van der Waals surface area (Å²) in [6.45, 7) is 21.4. The van der Waals surface area contributed by atoms with Crippen LogP contribution in [0.5, 0.6) is 0 Å². The summed E-state index contributed by atoms with van der Waals surface area (Å²) < 4.78 is 18.1. The smallest absolute Gasteiger partial charge is 0.253 e. The van der Waals surface area contributed by atoms with E-state index in [2.05, 4.69) is 46.6 Å². The quantitative estimate of drug-likeness (QED) is 0.0366. The molecular formula is C78H122N14O16. The highest BCUT2D eigenvalue weighted by Crippen LogP contribution is 2.31. The number of carbonyl (C=O) groups is 12. The molecule has 7 rings (SSSR count). The van der Waals surface area contributed by atoms with E-state index >= 15 is 0 Å². The Morgan fingerprint density at radius 2 is 1.21 bits per heavy atom. The molecule has 30 nitrogen and oxygen atoms in total. The molecule has 2 unspecified atom stereocenters. The molecule has 0 spiro atoms. The molecule has 2 aromatic carbocycles. The Kier molecular flexibility index (Phi) is 37.0. The van der Waals surface area contributed by atoms with E-state index in [4.69, 9.17) is 14.2 Å². The number of rotatable bonds is 38. The maximum atomic E-state index is 14.9. The molecule has 5 aliphatic rings. The van der Waals surface area contributed by atoms with E-state index in [1.54, 1.807) is 96.0 Å². The van der Waals surface area contributed by atoms with Gasteiger partial charge in [0.1, 0.15) is 18.1 Å². The number of benzene rings is 2. The van der Waals surface area contributed by atoms with Gasteiger partial charge in [-0.25, -0.2) is 0 Å². The lowest BCUT2D eigenvalue weighted by atomic mass is 9.89. The van der Waals surface area contributed by atoms with E-state index in [0.29, 0.717) is 141 Å². The average Bonchev–Trinajstić information content (AvgIpc) is 1.76. The molecule has 5 heterocycles. The van der Waals surface area contributed by atoms with Gasteiger partial charge in [-0.05, 0) is 61.5 Å². The Labute approximate surface area is 637 Å². The highest BCUT2D eigenvalue weighted by molar-refractivity contribution is 6.12. The number of hydrogen-bond donors (Lipinski definition) is 7. The molecule has 2 aromatic rings. The minimum atomic E-state index is -1.22. The van der Waals surface area contributed by atoms with Gasteiger partial charge in [0.05, 0.1) is 81.6 Å². The van der Waals surface area contributed by atoms with Crippen LogP contribution in [0.2, 0.25) is 0 Å². The van der Waals surface area contributed by atoms with Gasteiger partial charge >= 0.3 is 0 Å². The minimum absolute atomic E-state index is 0.0108. The Hall–Kier alpha value is -8.26. The van der Waals surface area contributed by atoms with Crippen LogP contribution in [0.1, 0.15) is 124 Å². The van der Waals surface area contributed by atoms with Gasteiger partial charge in [-0.15, -0.1) is 0 Å². The Morgan fingerprint density at radius 3 is 1.81 bits per heavy atom. The van der Waals surface area contributed by atoms with E-state index in [-0.39, 0.29) is 67.2 Å². The standard InChI is InChI=1S/C78H122N14O16/c1-13-54(6)72(61(106-11)48-68(99)91-33-22-27-60(91)74(107-12)55(7)75(102)82-56(8)73(101)58-25-18-15-19-26-58)86(10)78(105)70(52(2)3)84-77(104)71(53(4)5)85(9)69(100)51-81-76(103)59(47-57-23-16-14-17-24-57)83-64(95)50-80-63(94)49-79-62(93)31-34-87-35-37-88-39-41-90(42-40-89(38-36-87)44-46-108-45-43-88)65(96)28-20-21-32-92-66(97)29-30-67(92)98/h14-19,23-26,29-30,52-56,59-61,70-74,101H,13,20-22,27-28,31-51H2,1-12H3,(H,79,93)(H,80,94)(H,81,103)(H,82,102)(H,83,95)(H,84,104)/t54-,55+,56+,59-,60+,61+,70-,71-,72-,73+,74+/m0/s1. The van der Waals surface area contributed by atoms with Crippen LogP contribution < -0.4 is 31.9 Å². The number of nitrogens with one attached hydrogen (secondary N) is 6. The predicted molar refractivity (Wildman–Crippen MR) is 405 cm³/mol. The van der Waals surface area contributed by atoms with Gasteiger partial charge in [-0.1, -0.05) is 116 Å². The lowest BCUT2D eigenvalue weighted by molar-refractivity contribution is -0.148. The largest absolute Gasteiger partial charge is 0.386 e. The van der Waals surface area contributed by atoms with Crippen molar-refractivity contribution in [2.45, 2.75) is 168 Å². The van der Waals surface area contributed by atoms with Crippen LogP contribution in [-0.4, -0.2) is 310 Å². The molecule has 2 bridgehead atoms. The normalized spacial score (nSPS) is 20.2. The van der Waals surface area contributed by atoms with Crippen LogP contribution in [0.4, 0.5) is 0 Å². The minimum Gasteiger partial charge on any atom is -0.386 e. The Morgan fingerprint density at radius 1 is 0.611 bits per heavy atom. The van der Waals surface area contributed by atoms with Gasteiger partial charge in [-0.2, -0.15) is 0 Å². The number of amides is 12. The molecule has 4 saturated heterocycles. The SMILES string of the molecule is CC[C@H](C)[C@@H]([C@@H](CC(=O)N1CCC[C@@H]1[C@H](OC)[C@@H](C)C(=O)N[C@H](C)[C@@H](O)c1ccccc1)OC)N(C)C(=O)[C@@H](NC(=O)[C@H](C(C)C)N(C)C(=O)CNC(=O)[C@H](Cc1ccccc1)NC(=O)CNC(=O)CNC(=O)CCN1CCN2CCOCCN(CC1)CCN(C(=O)CCCCN1C(=O)C=CC1=O)CC2)C(C)C. The molecule has 108 heavy (non-hydrogen) atoms. The van der Waals surface area contributed by atoms with Crippen molar-refractivity contribution in [3.05, 3.63) is 83.9 Å². The van der Waals surface area contributed by atoms with Crippen LogP contribution in [0.3, 0.4) is 0 Å². The van der Waals surface area contributed by atoms with Crippen molar-refractivity contribution in [2.24, 2.45) is 23.7 Å². The maximum Gasteiger partial charge on any atom is 0.253 e. The number of fused-ring (bicyclic) bond motifs is 12. The number of methoxy groups -OCH3 is 2. The summed E-state index contributed by atoms with van der Waals surface area (Å²) in [7, 11) is 6.06. The predicted octanol–water partition coefficient (Wildman–Crippen LogP) is 1.11. The first kappa shape index (κ1) is 88.6. The molecule has 12 amide bonds. The van der Waals surface area contributed by atoms with E-state index in [9.17, 15) is 62.6 Å². The highest BCUT2D eigenvalue weighted by Gasteiger charge is 2.44. The van der Waals surface area contributed by atoms with Crippen molar-refractivity contribution in [1.29, 1.82) is 0 Å². The molecule has 0 radical (unpaired) electrons. The zero-order valence-corrected chi connectivity index (χ0v) is 65.7. The van der Waals surface area contributed by atoms with Crippen molar-refractivity contribution in [2.75, 3.05) is 146 Å². The van der Waals surface area contributed by atoms with E-state index < -0.39 is 127 Å². The molecular weight excluding hydrogens is 1390 g/mol. The second kappa shape index (κ2) is 45.0. The number of aliphatic hydroxyl groups excluding tert-OH is 1. The van der Waals surface area contributed by atoms with Gasteiger partial charge in [0.2, 0.25) is 59.1 Å². The zero-order valence-electron chi connectivity index (χ0n) is 65.7. The van der Waals surface area contributed by atoms with Gasteiger partial charge in [0, 0.05) is 145 Å². The monoisotopic (exact) mass is 1510 g/mol. The zero-order chi connectivity index (χ0) is 79.1. The topological polar surface area (TPSA) is 351 Å². The van der Waals surface area contributed by atoms with Crippen molar-refractivity contribution in [3.63, 3.8) is 0 Å². The van der Waals surface area contributed by atoms with Crippen LogP contribution in [0.25, 0.3) is 0 Å². The fourth-order valence-electron chi connectivity index (χ4n) is 14.5. The van der Waals surface area contributed by atoms with Crippen LogP contribution in [-0.2, 0) is 78.2 Å². The number of ether oxygens (including phenoxy) is 3. The lowest BCUT2D eigenvalue weighted by Gasteiger charge is -2.41. The summed E-state index contributed by atoms with van der Waals surface area (Å²) in [5, 5.41) is 27.3. The van der Waals surface area contributed by atoms with E-state index in [0.717, 1.165) is 0 Å². The third-order valence-corrected chi connectivity index (χ3v) is 21.3. The summed E-state index contributed by atoms with van der Waals surface area (Å²) in [5.74, 6) is -7.19. The first-order valence-corrected chi connectivity index (χ1v) is 38.5. The number of nitrogens with zero attached hydrogens (tertiary/aromatic N) is 8. The maximum absolute atomic E-state index is 14.9. The molecule has 13 atom stereocenters. The first-order valence-electron chi connectivity index (χ1n) is 38.5. The van der Waals surface area contributed by atoms with Crippen molar-refractivity contribution in [3.8, 4) is 0 Å². The number of unbranched alkanes of at least 4 members (excludes halogenated alkanes) is 1. The molecule has 0 saturated carbocycles. The van der Waals surface area contributed by atoms with E-state index in [1.807, 2.05) is 36.9 Å². The molecule has 7 N–H and O–H groups in total. The number of aliphatic hydroxyl groups is 1. The van der Waals surface area contributed by atoms with E-state index in [1.165, 1.54) is 48.1 Å². The lowest BCUT2D eigenvalue weighted by Crippen LogP contribution is -2.61. The van der Waals surface area contributed by atoms with Crippen molar-refractivity contribution < 1.29 is 76.9 Å². The van der Waals surface area contributed by atoms with Gasteiger partial charge in [0.15, 0.2) is 0 Å². The summed E-state index contributed by atoms with van der Waals surface area (Å²) in [6.07, 6.45) is 3.36. The Bertz CT molecular complexity index is 3270. The van der Waals surface area contributed by atoms with Gasteiger partial charge < -0.3 is 75.7 Å². The molecule has 600 valence electrons. The highest BCUT2D eigenvalue weighted by atomic mass is 16.5. The third-order valence-electron chi connectivity index (χ3n) is 21.3. The molecule has 30 heteroatoms. The van der Waals surface area contributed by atoms with Crippen LogP contribution >= 0.6 is 0 Å². The first-order chi connectivity index (χ1) is 51.6. The van der Waals surface area contributed by atoms with Crippen molar-refractivity contribution >= 4 is 70.9 Å². The Balaban J connectivity index is 0.982. The second-order valence-corrected chi connectivity index (χ2v) is 29.6. The molecule has 0 aromatic heterocycles. The number of likely N-dealkylation sites (N-methyl/N-ethyl adjacent to an activating group) is 2. The summed E-state index contributed by atoms with van der Waals surface area (Å²) in [4.78, 5) is 178. The molecule has 5 aliphatic heterocycles. The molecule has 0 aliphatic carbocycles. The average molecular weight is 1510 g/mol. The summed E-state index contributed by atoms with van der Waals surface area (Å²) in [6, 6.07) is 12.8. The number of carbonyl (C=O) groups excluding carboxylic acids is 12. The summed E-state index contributed by atoms with van der Waals surface area (Å²) >= 11 is 0. The fraction of sp³-hybridized carbons (Fsp3) is 0.667. The van der Waals surface area contributed by atoms with Crippen LogP contribution in [0, 0.1) is 23.7 Å². The van der Waals surface area contributed by atoms with Crippen molar-refractivity contribution in [1.82, 2.24) is 71.1 Å². The molecule has 4 fully saturated rings. The van der Waals surface area contributed by atoms with Gasteiger partial charge in [-0.3, -0.25) is 72.2 Å². The number of imide groups is 1. The van der Waals surface area contributed by atoms with Crippen LogP contribution in [0.15, 0.2) is 72.8 Å². The third kappa shape index (κ3) is 27.1. The number of likely N-dealkylation sites (tertiary alicyclic amines) is 1. The fourth-order valence-corrected chi connectivity index (χ4v) is 14.5. The second-order valence-electron chi connectivity index (χ2n) is 29.6. The summed E-state index contributed by atoms with van der Waals surface area (Å²) in [5.41, 5.74) is 1.35. The van der Waals surface area contributed by atoms with Gasteiger partial charge in [0.25, 0.3) is 11.8 Å².